The van der Waals surface area contributed by atoms with Gasteiger partial charge in [0.05, 0.1) is 28.9 Å². The summed E-state index contributed by atoms with van der Waals surface area (Å²) in [5.41, 5.74) is 2.12. The molecule has 164 valence electrons. The van der Waals surface area contributed by atoms with E-state index < -0.39 is 12.0 Å². The van der Waals surface area contributed by atoms with Crippen LogP contribution in [0.4, 0.5) is 5.69 Å². The Morgan fingerprint density at radius 2 is 2.03 bits per heavy atom. The first-order chi connectivity index (χ1) is 15.2. The number of nitrogens with zero attached hydrogens (tertiary/aromatic N) is 3. The average molecular weight is 473 g/mol. The van der Waals surface area contributed by atoms with Crippen molar-refractivity contribution in [1.29, 1.82) is 0 Å². The third-order valence-corrected chi connectivity index (χ3v) is 5.53. The molecule has 0 saturated heterocycles. The minimum Gasteiger partial charge on any atom is -0.476 e. The molecule has 32 heavy (non-hydrogen) atoms. The Hall–Kier alpha value is -3.36. The number of fused-ring (bicyclic) bond motifs is 1. The molecule has 0 fully saturated rings. The highest BCUT2D eigenvalue weighted by Crippen LogP contribution is 2.34. The maximum atomic E-state index is 13.1. The van der Waals surface area contributed by atoms with Crippen molar-refractivity contribution < 1.29 is 14.3 Å². The van der Waals surface area contributed by atoms with E-state index in [-0.39, 0.29) is 32.7 Å². The minimum atomic E-state index is -1.21. The number of aryl methyl sites for hydroxylation is 2. The summed E-state index contributed by atoms with van der Waals surface area (Å²) in [6.45, 7) is 3.68. The van der Waals surface area contributed by atoms with Gasteiger partial charge in [-0.2, -0.15) is 5.10 Å². The Morgan fingerprint density at radius 3 is 2.69 bits per heavy atom. The van der Waals surface area contributed by atoms with Crippen molar-refractivity contribution >= 4 is 45.8 Å². The Morgan fingerprint density at radius 1 is 1.28 bits per heavy atom. The summed E-state index contributed by atoms with van der Waals surface area (Å²) >= 11 is 12.2. The van der Waals surface area contributed by atoms with Crippen LogP contribution in [0.15, 0.2) is 45.9 Å². The number of carboxylic acids is 1. The molecule has 0 aliphatic heterocycles. The second-order valence-corrected chi connectivity index (χ2v) is 8.17. The van der Waals surface area contributed by atoms with E-state index >= 15 is 0 Å². The monoisotopic (exact) mass is 472 g/mol. The molecule has 4 rings (SSSR count). The predicted molar refractivity (Wildman–Crippen MR) is 123 cm³/mol. The molecular formula is C22H18Cl2N4O4. The molecule has 0 saturated carbocycles. The highest BCUT2D eigenvalue weighted by Gasteiger charge is 2.22. The second kappa shape index (κ2) is 8.29. The van der Waals surface area contributed by atoms with E-state index in [0.717, 1.165) is 5.56 Å². The van der Waals surface area contributed by atoms with Crippen LogP contribution in [-0.2, 0) is 7.05 Å². The Balaban J connectivity index is 1.88. The molecule has 4 aromatic rings. The molecule has 10 heteroatoms. The maximum absolute atomic E-state index is 13.1. The van der Waals surface area contributed by atoms with Gasteiger partial charge < -0.3 is 14.8 Å². The van der Waals surface area contributed by atoms with Crippen LogP contribution < -0.4 is 10.7 Å². The van der Waals surface area contributed by atoms with Crippen molar-refractivity contribution in [2.24, 2.45) is 7.05 Å². The third-order valence-electron chi connectivity index (χ3n) is 4.98. The van der Waals surface area contributed by atoms with Gasteiger partial charge in [-0.3, -0.25) is 9.48 Å². The molecule has 3 heterocycles. The molecule has 0 radical (unpaired) electrons. The van der Waals surface area contributed by atoms with E-state index in [1.54, 1.807) is 36.3 Å². The summed E-state index contributed by atoms with van der Waals surface area (Å²) in [7, 11) is 1.75. The highest BCUT2D eigenvalue weighted by molar-refractivity contribution is 6.33. The van der Waals surface area contributed by atoms with Gasteiger partial charge in [0.15, 0.2) is 11.5 Å². The number of hydrogen-bond acceptors (Lipinski definition) is 6. The first kappa shape index (κ1) is 21.9. The summed E-state index contributed by atoms with van der Waals surface area (Å²) in [5, 5.41) is 17.1. The minimum absolute atomic E-state index is 0.0299. The van der Waals surface area contributed by atoms with Crippen LogP contribution in [0.2, 0.25) is 10.2 Å². The van der Waals surface area contributed by atoms with Crippen molar-refractivity contribution in [1.82, 2.24) is 14.8 Å². The zero-order valence-corrected chi connectivity index (χ0v) is 18.8. The number of carbonyl (C=O) groups is 1. The lowest BCUT2D eigenvalue weighted by Gasteiger charge is -2.19. The van der Waals surface area contributed by atoms with E-state index in [0.29, 0.717) is 22.1 Å². The van der Waals surface area contributed by atoms with Gasteiger partial charge in [0.1, 0.15) is 15.8 Å². The first-order valence-electron chi connectivity index (χ1n) is 9.58. The summed E-state index contributed by atoms with van der Waals surface area (Å²) < 4.78 is 7.72. The number of pyridine rings is 1. The summed E-state index contributed by atoms with van der Waals surface area (Å²) in [4.78, 5) is 28.5. The predicted octanol–water partition coefficient (Wildman–Crippen LogP) is 5.08. The Labute approximate surface area is 192 Å². The number of benzene rings is 1. The number of halogens is 2. The highest BCUT2D eigenvalue weighted by atomic mass is 35.5. The fourth-order valence-electron chi connectivity index (χ4n) is 3.52. The summed E-state index contributed by atoms with van der Waals surface area (Å²) in [6.07, 6.45) is 3.26. The molecule has 0 spiro atoms. The largest absolute Gasteiger partial charge is 0.476 e. The molecule has 1 aromatic carbocycles. The molecule has 1 atom stereocenters. The van der Waals surface area contributed by atoms with Gasteiger partial charge in [0.25, 0.3) is 0 Å². The zero-order chi connectivity index (χ0) is 23.2. The maximum Gasteiger partial charge on any atom is 0.356 e. The van der Waals surface area contributed by atoms with Crippen LogP contribution in [-0.4, -0.2) is 25.8 Å². The number of nitrogens with one attached hydrogen (secondary N) is 1. The van der Waals surface area contributed by atoms with Gasteiger partial charge in [-0.25, -0.2) is 9.78 Å². The molecular weight excluding hydrogens is 455 g/mol. The topological polar surface area (TPSA) is 110 Å². The number of carboxylic acid groups (broad SMARTS) is 1. The van der Waals surface area contributed by atoms with Crippen molar-refractivity contribution in [3.63, 3.8) is 0 Å². The molecule has 0 aliphatic rings. The van der Waals surface area contributed by atoms with Crippen LogP contribution in [0.3, 0.4) is 0 Å². The standard InChI is InChI=1S/C22H18Cl2N4O4/c1-10-6-13(11(2)26-15-4-5-16(23)27-18(15)22(30)31)21-14(7-10)19(29)17(24)20(32-21)12-8-25-28(3)9-12/h4-9,11,26H,1-3H3,(H,30,31)/t11-/m1/s1. The fraction of sp³-hybridized carbons (Fsp3) is 0.182. The van der Waals surface area contributed by atoms with Crippen LogP contribution in [0.25, 0.3) is 22.3 Å². The Bertz CT molecular complexity index is 1430. The zero-order valence-electron chi connectivity index (χ0n) is 17.3. The third kappa shape index (κ3) is 3.94. The molecule has 3 aromatic heterocycles. The molecule has 0 unspecified atom stereocenters. The lowest BCUT2D eigenvalue weighted by atomic mass is 10.0. The quantitative estimate of drug-likeness (QED) is 0.389. The fourth-order valence-corrected chi connectivity index (χ4v) is 3.92. The van der Waals surface area contributed by atoms with E-state index in [1.165, 1.54) is 6.07 Å². The number of rotatable bonds is 5. The van der Waals surface area contributed by atoms with Gasteiger partial charge in [-0.1, -0.05) is 29.3 Å². The lowest BCUT2D eigenvalue weighted by Crippen LogP contribution is -2.14. The molecule has 8 nitrogen and oxygen atoms in total. The normalized spacial score (nSPS) is 12.2. The second-order valence-electron chi connectivity index (χ2n) is 7.41. The van der Waals surface area contributed by atoms with Crippen LogP contribution in [0.1, 0.15) is 34.6 Å². The average Bonchev–Trinajstić information content (AvgIpc) is 3.17. The van der Waals surface area contributed by atoms with E-state index in [1.807, 2.05) is 19.9 Å². The van der Waals surface area contributed by atoms with Crippen LogP contribution in [0.5, 0.6) is 0 Å². The van der Waals surface area contributed by atoms with Gasteiger partial charge >= 0.3 is 5.97 Å². The van der Waals surface area contributed by atoms with Gasteiger partial charge in [-0.15, -0.1) is 0 Å². The van der Waals surface area contributed by atoms with Crippen LogP contribution >= 0.6 is 23.2 Å². The molecule has 0 amide bonds. The van der Waals surface area contributed by atoms with Crippen molar-refractivity contribution in [2.75, 3.05) is 5.32 Å². The van der Waals surface area contributed by atoms with Crippen molar-refractivity contribution in [2.45, 2.75) is 19.9 Å². The lowest BCUT2D eigenvalue weighted by molar-refractivity contribution is 0.0691. The smallest absolute Gasteiger partial charge is 0.356 e. The Kier molecular flexibility index (Phi) is 5.66. The van der Waals surface area contributed by atoms with Gasteiger partial charge in [0, 0.05) is 18.8 Å². The van der Waals surface area contributed by atoms with E-state index in [2.05, 4.69) is 15.4 Å². The summed E-state index contributed by atoms with van der Waals surface area (Å²) in [6, 6.07) is 6.18. The van der Waals surface area contributed by atoms with Crippen LogP contribution in [0, 0.1) is 6.92 Å². The number of aromatic carboxylic acids is 1. The first-order valence-corrected chi connectivity index (χ1v) is 10.3. The van der Waals surface area contributed by atoms with E-state index in [4.69, 9.17) is 27.6 Å². The van der Waals surface area contributed by atoms with Gasteiger partial charge in [-0.05, 0) is 37.6 Å². The van der Waals surface area contributed by atoms with Gasteiger partial charge in [0.2, 0.25) is 5.43 Å². The number of anilines is 1. The van der Waals surface area contributed by atoms with E-state index in [9.17, 15) is 14.7 Å². The number of hydrogen-bond donors (Lipinski definition) is 2. The van der Waals surface area contributed by atoms with Crippen molar-refractivity contribution in [3.05, 3.63) is 73.9 Å². The number of aromatic nitrogens is 3. The summed E-state index contributed by atoms with van der Waals surface area (Å²) in [5.74, 6) is -0.998. The molecule has 0 aliphatic carbocycles. The SMILES string of the molecule is Cc1cc([C@@H](C)Nc2ccc(Cl)nc2C(=O)O)c2oc(-c3cnn(C)c3)c(Cl)c(=O)c2c1. The van der Waals surface area contributed by atoms with Crippen molar-refractivity contribution in [3.8, 4) is 11.3 Å². The molecule has 0 bridgehead atoms. The molecule has 2 N–H and O–H groups in total.